The molecule has 2 heterocycles. The SMILES string of the molecule is CC1(C)CCCC(CN2C3CCC2CC(O)C3)C1=O. The summed E-state index contributed by atoms with van der Waals surface area (Å²) in [6.45, 7) is 5.16. The van der Waals surface area contributed by atoms with Crippen LogP contribution in [0.1, 0.15) is 58.8 Å². The third-order valence-electron chi connectivity index (χ3n) is 5.68. The molecule has 3 nitrogen and oxygen atoms in total. The van der Waals surface area contributed by atoms with Crippen LogP contribution in [-0.4, -0.2) is 40.5 Å². The van der Waals surface area contributed by atoms with Crippen LogP contribution in [0.5, 0.6) is 0 Å². The highest BCUT2D eigenvalue weighted by atomic mass is 16.3. The van der Waals surface area contributed by atoms with Crippen LogP contribution in [0.15, 0.2) is 0 Å². The minimum Gasteiger partial charge on any atom is -0.393 e. The van der Waals surface area contributed by atoms with Crippen molar-refractivity contribution in [3.63, 3.8) is 0 Å². The zero-order valence-corrected chi connectivity index (χ0v) is 12.3. The van der Waals surface area contributed by atoms with Gasteiger partial charge in [-0.1, -0.05) is 20.3 Å². The molecule has 108 valence electrons. The number of nitrogens with zero attached hydrogens (tertiary/aromatic N) is 1. The predicted molar refractivity (Wildman–Crippen MR) is 74.9 cm³/mol. The van der Waals surface area contributed by atoms with E-state index >= 15 is 0 Å². The predicted octanol–water partition coefficient (Wildman–Crippen LogP) is 2.37. The van der Waals surface area contributed by atoms with Gasteiger partial charge in [-0.05, 0) is 38.5 Å². The Morgan fingerprint density at radius 1 is 1.21 bits per heavy atom. The van der Waals surface area contributed by atoms with Gasteiger partial charge in [0.1, 0.15) is 5.78 Å². The summed E-state index contributed by atoms with van der Waals surface area (Å²) in [5.41, 5.74) is -0.114. The van der Waals surface area contributed by atoms with Crippen LogP contribution in [0.3, 0.4) is 0 Å². The second-order valence-corrected chi connectivity index (χ2v) is 7.54. The fourth-order valence-corrected chi connectivity index (χ4v) is 4.57. The van der Waals surface area contributed by atoms with Crippen LogP contribution in [0.4, 0.5) is 0 Å². The summed E-state index contributed by atoms with van der Waals surface area (Å²) in [5, 5.41) is 9.86. The number of piperidine rings is 1. The van der Waals surface area contributed by atoms with E-state index in [4.69, 9.17) is 0 Å². The molecule has 1 aliphatic carbocycles. The Labute approximate surface area is 116 Å². The average Bonchev–Trinajstić information content (AvgIpc) is 2.58. The standard InChI is InChI=1S/C16H27NO2/c1-16(2)7-3-4-11(15(16)19)10-17-12-5-6-13(17)9-14(18)8-12/h11-14,18H,3-10H2,1-2H3. The summed E-state index contributed by atoms with van der Waals surface area (Å²) in [5.74, 6) is 0.714. The van der Waals surface area contributed by atoms with Crippen molar-refractivity contribution < 1.29 is 9.90 Å². The Morgan fingerprint density at radius 2 is 1.84 bits per heavy atom. The smallest absolute Gasteiger partial charge is 0.142 e. The van der Waals surface area contributed by atoms with Gasteiger partial charge in [-0.25, -0.2) is 0 Å². The second-order valence-electron chi connectivity index (χ2n) is 7.54. The lowest BCUT2D eigenvalue weighted by atomic mass is 9.70. The molecular formula is C16H27NO2. The highest BCUT2D eigenvalue weighted by Crippen LogP contribution is 2.40. The van der Waals surface area contributed by atoms with Crippen LogP contribution in [0.2, 0.25) is 0 Å². The lowest BCUT2D eigenvalue weighted by Crippen LogP contribution is -2.49. The Kier molecular flexibility index (Phi) is 3.46. The van der Waals surface area contributed by atoms with Gasteiger partial charge in [-0.2, -0.15) is 0 Å². The van der Waals surface area contributed by atoms with E-state index < -0.39 is 0 Å². The van der Waals surface area contributed by atoms with E-state index in [1.807, 2.05) is 0 Å². The molecule has 0 aromatic carbocycles. The van der Waals surface area contributed by atoms with Crippen molar-refractivity contribution >= 4 is 5.78 Å². The van der Waals surface area contributed by atoms with E-state index in [-0.39, 0.29) is 17.4 Å². The maximum Gasteiger partial charge on any atom is 0.142 e. The first-order valence-electron chi connectivity index (χ1n) is 7.95. The van der Waals surface area contributed by atoms with E-state index in [1.165, 1.54) is 19.3 Å². The molecular weight excluding hydrogens is 238 g/mol. The van der Waals surface area contributed by atoms with Gasteiger partial charge in [-0.15, -0.1) is 0 Å². The Morgan fingerprint density at radius 3 is 2.47 bits per heavy atom. The van der Waals surface area contributed by atoms with E-state index in [0.717, 1.165) is 32.2 Å². The van der Waals surface area contributed by atoms with Crippen molar-refractivity contribution in [3.8, 4) is 0 Å². The molecule has 3 aliphatic rings. The minimum atomic E-state index is -0.114. The number of ketones is 1. The lowest BCUT2D eigenvalue weighted by Gasteiger charge is -2.41. The number of carbonyl (C=O) groups is 1. The van der Waals surface area contributed by atoms with E-state index in [2.05, 4.69) is 18.7 Å². The molecule has 3 atom stereocenters. The Hall–Kier alpha value is -0.410. The molecule has 0 spiro atoms. The quantitative estimate of drug-likeness (QED) is 0.833. The van der Waals surface area contributed by atoms with Gasteiger partial charge in [0.2, 0.25) is 0 Å². The third-order valence-corrected chi connectivity index (χ3v) is 5.68. The van der Waals surface area contributed by atoms with Gasteiger partial charge in [0, 0.05) is 30.0 Å². The number of hydrogen-bond acceptors (Lipinski definition) is 3. The largest absolute Gasteiger partial charge is 0.393 e. The van der Waals surface area contributed by atoms with Crippen LogP contribution in [-0.2, 0) is 4.79 Å². The number of aliphatic hydroxyl groups excluding tert-OH is 1. The number of Topliss-reactive ketones (excluding diaryl/α,β-unsaturated/α-hetero) is 1. The first kappa shape index (κ1) is 13.6. The summed E-state index contributed by atoms with van der Waals surface area (Å²) in [6.07, 6.45) is 7.47. The van der Waals surface area contributed by atoms with E-state index in [1.54, 1.807) is 0 Å². The number of hydrogen-bond donors (Lipinski definition) is 1. The Bertz CT molecular complexity index is 352. The van der Waals surface area contributed by atoms with Crippen molar-refractivity contribution in [2.75, 3.05) is 6.54 Å². The molecule has 2 bridgehead atoms. The zero-order valence-electron chi connectivity index (χ0n) is 12.3. The van der Waals surface area contributed by atoms with Crippen LogP contribution < -0.4 is 0 Å². The van der Waals surface area contributed by atoms with Crippen molar-refractivity contribution in [2.24, 2.45) is 11.3 Å². The molecule has 2 aliphatic heterocycles. The highest BCUT2D eigenvalue weighted by molar-refractivity contribution is 5.87. The zero-order chi connectivity index (χ0) is 13.6. The van der Waals surface area contributed by atoms with Crippen molar-refractivity contribution in [1.82, 2.24) is 4.90 Å². The maximum atomic E-state index is 12.5. The fourth-order valence-electron chi connectivity index (χ4n) is 4.57. The number of rotatable bonds is 2. The molecule has 3 fully saturated rings. The maximum absolute atomic E-state index is 12.5. The molecule has 0 aromatic rings. The van der Waals surface area contributed by atoms with Crippen LogP contribution in [0.25, 0.3) is 0 Å². The molecule has 1 N–H and O–H groups in total. The van der Waals surface area contributed by atoms with Gasteiger partial charge in [0.25, 0.3) is 0 Å². The Balaban J connectivity index is 1.67. The lowest BCUT2D eigenvalue weighted by molar-refractivity contribution is -0.135. The van der Waals surface area contributed by atoms with Gasteiger partial charge < -0.3 is 5.11 Å². The third kappa shape index (κ3) is 2.47. The number of fused-ring (bicyclic) bond motifs is 2. The summed E-state index contributed by atoms with van der Waals surface area (Å²) < 4.78 is 0. The molecule has 3 heteroatoms. The number of aliphatic hydroxyl groups is 1. The molecule has 19 heavy (non-hydrogen) atoms. The summed E-state index contributed by atoms with van der Waals surface area (Å²) in [6, 6.07) is 1.07. The topological polar surface area (TPSA) is 40.5 Å². The van der Waals surface area contributed by atoms with Crippen LogP contribution >= 0.6 is 0 Å². The van der Waals surface area contributed by atoms with Gasteiger partial charge in [0.05, 0.1) is 6.10 Å². The van der Waals surface area contributed by atoms with E-state index in [0.29, 0.717) is 17.9 Å². The first-order chi connectivity index (χ1) is 8.97. The summed E-state index contributed by atoms with van der Waals surface area (Å²) >= 11 is 0. The molecule has 1 saturated carbocycles. The normalized spacial score (nSPS) is 42.6. The van der Waals surface area contributed by atoms with Crippen molar-refractivity contribution in [2.45, 2.75) is 77.0 Å². The van der Waals surface area contributed by atoms with Gasteiger partial charge in [0.15, 0.2) is 0 Å². The highest BCUT2D eigenvalue weighted by Gasteiger charge is 2.44. The first-order valence-corrected chi connectivity index (χ1v) is 7.95. The minimum absolute atomic E-state index is 0.104. The van der Waals surface area contributed by atoms with E-state index in [9.17, 15) is 9.90 Å². The molecule has 0 amide bonds. The fraction of sp³-hybridized carbons (Fsp3) is 0.938. The average molecular weight is 265 g/mol. The molecule has 2 saturated heterocycles. The summed E-state index contributed by atoms with van der Waals surface area (Å²) in [7, 11) is 0. The second kappa shape index (κ2) is 4.85. The summed E-state index contributed by atoms with van der Waals surface area (Å²) in [4.78, 5) is 15.1. The van der Waals surface area contributed by atoms with Gasteiger partial charge >= 0.3 is 0 Å². The monoisotopic (exact) mass is 265 g/mol. The van der Waals surface area contributed by atoms with Crippen molar-refractivity contribution in [3.05, 3.63) is 0 Å². The molecule has 0 radical (unpaired) electrons. The molecule has 3 unspecified atom stereocenters. The van der Waals surface area contributed by atoms with Crippen LogP contribution in [0, 0.1) is 11.3 Å². The molecule has 3 rings (SSSR count). The van der Waals surface area contributed by atoms with Gasteiger partial charge in [-0.3, -0.25) is 9.69 Å². The van der Waals surface area contributed by atoms with Crippen molar-refractivity contribution in [1.29, 1.82) is 0 Å². The molecule has 0 aromatic heterocycles. The number of carbonyl (C=O) groups excluding carboxylic acids is 1.